The highest BCUT2D eigenvalue weighted by atomic mass is 32.1. The van der Waals surface area contributed by atoms with Crippen LogP contribution >= 0.6 is 11.3 Å². The van der Waals surface area contributed by atoms with Gasteiger partial charge < -0.3 is 0 Å². The second-order valence-corrected chi connectivity index (χ2v) is 6.20. The summed E-state index contributed by atoms with van der Waals surface area (Å²) in [5.41, 5.74) is 0.946. The summed E-state index contributed by atoms with van der Waals surface area (Å²) in [6.07, 6.45) is 12.2. The zero-order chi connectivity index (χ0) is 13.2. The van der Waals surface area contributed by atoms with Crippen molar-refractivity contribution in [3.63, 3.8) is 0 Å². The maximum atomic E-state index is 11.1. The Kier molecular flexibility index (Phi) is 7.99. The Morgan fingerprint density at radius 3 is 2.33 bits per heavy atom. The molecule has 2 heteroatoms. The van der Waals surface area contributed by atoms with Gasteiger partial charge in [-0.2, -0.15) is 0 Å². The number of carbonyl (C=O) groups is 1. The molecule has 0 aliphatic rings. The summed E-state index contributed by atoms with van der Waals surface area (Å²) in [7, 11) is 0. The van der Waals surface area contributed by atoms with Crippen LogP contribution in [0.4, 0.5) is 0 Å². The van der Waals surface area contributed by atoms with E-state index in [1.807, 2.05) is 11.3 Å². The lowest BCUT2D eigenvalue weighted by Gasteiger charge is -1.98. The molecule has 0 atom stereocenters. The molecule has 0 amide bonds. The summed E-state index contributed by atoms with van der Waals surface area (Å²) >= 11 is 1.86. The number of hydrogen-bond donors (Lipinski definition) is 0. The normalized spacial score (nSPS) is 10.8. The van der Waals surface area contributed by atoms with Crippen LogP contribution in [-0.4, -0.2) is 6.29 Å². The van der Waals surface area contributed by atoms with Crippen LogP contribution in [0.15, 0.2) is 6.07 Å². The predicted octanol–water partition coefficient (Wildman–Crippen LogP) is 5.42. The molecular formula is C16H26OS. The summed E-state index contributed by atoms with van der Waals surface area (Å²) in [6.45, 7) is 4.45. The fourth-order valence-electron chi connectivity index (χ4n) is 2.18. The third-order valence-electron chi connectivity index (χ3n) is 3.30. The molecule has 1 rings (SSSR count). The van der Waals surface area contributed by atoms with Gasteiger partial charge in [-0.15, -0.1) is 11.3 Å². The molecule has 0 spiro atoms. The van der Waals surface area contributed by atoms with Crippen molar-refractivity contribution < 1.29 is 4.79 Å². The van der Waals surface area contributed by atoms with E-state index in [-0.39, 0.29) is 0 Å². The van der Waals surface area contributed by atoms with Crippen LogP contribution in [0, 0.1) is 0 Å². The van der Waals surface area contributed by atoms with E-state index in [0.717, 1.165) is 24.7 Å². The molecule has 0 aliphatic heterocycles. The maximum absolute atomic E-state index is 11.1. The Hall–Kier alpha value is -0.630. The molecule has 0 radical (unpaired) electrons. The van der Waals surface area contributed by atoms with Crippen LogP contribution in [0.3, 0.4) is 0 Å². The molecule has 0 N–H and O–H groups in total. The Balaban J connectivity index is 2.46. The summed E-state index contributed by atoms with van der Waals surface area (Å²) in [5, 5.41) is 0. The molecular weight excluding hydrogens is 240 g/mol. The lowest BCUT2D eigenvalue weighted by Crippen LogP contribution is -1.86. The SMILES string of the molecule is CCCCCCc1cc(C=O)c(CCCCC)s1. The van der Waals surface area contributed by atoms with Gasteiger partial charge in [0.2, 0.25) is 0 Å². The minimum Gasteiger partial charge on any atom is -0.298 e. The van der Waals surface area contributed by atoms with Crippen molar-refractivity contribution in [1.29, 1.82) is 0 Å². The Labute approximate surface area is 116 Å². The average molecular weight is 266 g/mol. The first kappa shape index (κ1) is 15.4. The number of aldehydes is 1. The minimum atomic E-state index is 0.946. The van der Waals surface area contributed by atoms with Crippen LogP contribution in [0.2, 0.25) is 0 Å². The molecule has 1 nitrogen and oxygen atoms in total. The van der Waals surface area contributed by atoms with Gasteiger partial charge in [0.05, 0.1) is 0 Å². The first-order valence-corrected chi connectivity index (χ1v) is 8.20. The smallest absolute Gasteiger partial charge is 0.151 e. The highest BCUT2D eigenvalue weighted by Gasteiger charge is 2.08. The van der Waals surface area contributed by atoms with E-state index in [1.54, 1.807) is 0 Å². The monoisotopic (exact) mass is 266 g/mol. The van der Waals surface area contributed by atoms with Gasteiger partial charge in [0, 0.05) is 15.3 Å². The first-order valence-electron chi connectivity index (χ1n) is 7.38. The molecule has 0 bridgehead atoms. The lowest BCUT2D eigenvalue weighted by molar-refractivity contribution is 0.112. The Bertz CT molecular complexity index is 341. The van der Waals surface area contributed by atoms with Crippen molar-refractivity contribution in [2.75, 3.05) is 0 Å². The van der Waals surface area contributed by atoms with E-state index in [4.69, 9.17) is 0 Å². The van der Waals surface area contributed by atoms with E-state index in [0.29, 0.717) is 0 Å². The van der Waals surface area contributed by atoms with E-state index in [9.17, 15) is 4.79 Å². The molecule has 0 fully saturated rings. The zero-order valence-corrected chi connectivity index (χ0v) is 12.7. The third-order valence-corrected chi connectivity index (χ3v) is 4.57. The van der Waals surface area contributed by atoms with Crippen molar-refractivity contribution >= 4 is 17.6 Å². The van der Waals surface area contributed by atoms with Crippen molar-refractivity contribution in [2.45, 2.75) is 71.6 Å². The second kappa shape index (κ2) is 9.32. The number of aryl methyl sites for hydroxylation is 2. The zero-order valence-electron chi connectivity index (χ0n) is 11.8. The van der Waals surface area contributed by atoms with Crippen molar-refractivity contribution in [3.05, 3.63) is 21.4 Å². The van der Waals surface area contributed by atoms with Crippen LogP contribution in [-0.2, 0) is 12.8 Å². The molecule has 0 aromatic carbocycles. The molecule has 0 aliphatic carbocycles. The van der Waals surface area contributed by atoms with E-state index in [2.05, 4.69) is 19.9 Å². The van der Waals surface area contributed by atoms with Gasteiger partial charge in [-0.05, 0) is 31.7 Å². The molecule has 0 unspecified atom stereocenters. The van der Waals surface area contributed by atoms with Gasteiger partial charge in [-0.25, -0.2) is 0 Å². The number of thiophene rings is 1. The average Bonchev–Trinajstić information content (AvgIpc) is 2.77. The summed E-state index contributed by atoms with van der Waals surface area (Å²) in [5.74, 6) is 0. The van der Waals surface area contributed by atoms with E-state index in [1.165, 1.54) is 54.7 Å². The van der Waals surface area contributed by atoms with Crippen molar-refractivity contribution in [3.8, 4) is 0 Å². The van der Waals surface area contributed by atoms with E-state index >= 15 is 0 Å². The van der Waals surface area contributed by atoms with Crippen LogP contribution in [0.5, 0.6) is 0 Å². The Morgan fingerprint density at radius 1 is 1.00 bits per heavy atom. The molecule has 102 valence electrons. The largest absolute Gasteiger partial charge is 0.298 e. The van der Waals surface area contributed by atoms with Crippen LogP contribution < -0.4 is 0 Å². The van der Waals surface area contributed by atoms with Crippen molar-refractivity contribution in [1.82, 2.24) is 0 Å². The van der Waals surface area contributed by atoms with Crippen LogP contribution in [0.1, 0.15) is 78.9 Å². The topological polar surface area (TPSA) is 17.1 Å². The highest BCUT2D eigenvalue weighted by molar-refractivity contribution is 7.12. The lowest BCUT2D eigenvalue weighted by atomic mass is 10.1. The van der Waals surface area contributed by atoms with Gasteiger partial charge in [0.15, 0.2) is 6.29 Å². The summed E-state index contributed by atoms with van der Waals surface area (Å²) in [6, 6.07) is 2.12. The number of hydrogen-bond acceptors (Lipinski definition) is 2. The van der Waals surface area contributed by atoms with Gasteiger partial charge >= 0.3 is 0 Å². The molecule has 1 aromatic heterocycles. The molecule has 0 saturated heterocycles. The van der Waals surface area contributed by atoms with Gasteiger partial charge in [0.1, 0.15) is 0 Å². The summed E-state index contributed by atoms with van der Waals surface area (Å²) < 4.78 is 0. The molecule has 1 aromatic rings. The standard InChI is InChI=1S/C16H26OS/c1-3-5-7-9-10-15-12-14(13-17)16(18-15)11-8-6-4-2/h12-13H,3-11H2,1-2H3. The van der Waals surface area contributed by atoms with Crippen molar-refractivity contribution in [2.24, 2.45) is 0 Å². The summed E-state index contributed by atoms with van der Waals surface area (Å²) in [4.78, 5) is 13.8. The van der Waals surface area contributed by atoms with Gasteiger partial charge in [-0.1, -0.05) is 46.0 Å². The maximum Gasteiger partial charge on any atom is 0.151 e. The fourth-order valence-corrected chi connectivity index (χ4v) is 3.40. The highest BCUT2D eigenvalue weighted by Crippen LogP contribution is 2.25. The number of carbonyl (C=O) groups excluding carboxylic acids is 1. The first-order chi connectivity index (χ1) is 8.81. The van der Waals surface area contributed by atoms with E-state index < -0.39 is 0 Å². The number of rotatable bonds is 10. The second-order valence-electron chi connectivity index (χ2n) is 4.98. The third kappa shape index (κ3) is 5.34. The quantitative estimate of drug-likeness (QED) is 0.408. The van der Waals surface area contributed by atoms with Gasteiger partial charge in [-0.3, -0.25) is 4.79 Å². The van der Waals surface area contributed by atoms with Gasteiger partial charge in [0.25, 0.3) is 0 Å². The number of unbranched alkanes of at least 4 members (excludes halogenated alkanes) is 5. The van der Waals surface area contributed by atoms with Crippen LogP contribution in [0.25, 0.3) is 0 Å². The molecule has 1 heterocycles. The molecule has 0 saturated carbocycles. The predicted molar refractivity (Wildman–Crippen MR) is 80.8 cm³/mol. The molecule has 18 heavy (non-hydrogen) atoms. The minimum absolute atomic E-state index is 0.946. The fraction of sp³-hybridized carbons (Fsp3) is 0.688. The Morgan fingerprint density at radius 2 is 1.67 bits per heavy atom.